The van der Waals surface area contributed by atoms with E-state index in [1.807, 2.05) is 6.92 Å². The highest BCUT2D eigenvalue weighted by molar-refractivity contribution is 9.10. The van der Waals surface area contributed by atoms with Gasteiger partial charge in [-0.3, -0.25) is 4.79 Å². The lowest BCUT2D eigenvalue weighted by Crippen LogP contribution is -2.16. The summed E-state index contributed by atoms with van der Waals surface area (Å²) in [5, 5.41) is 11.7. The normalized spacial score (nSPS) is 11.9. The van der Waals surface area contributed by atoms with Crippen LogP contribution in [0.4, 0.5) is 5.69 Å². The molecule has 104 valence electrons. The van der Waals surface area contributed by atoms with E-state index >= 15 is 0 Å². The predicted octanol–water partition coefficient (Wildman–Crippen LogP) is 2.46. The van der Waals surface area contributed by atoms with Crippen LogP contribution in [-0.2, 0) is 4.79 Å². The SMILES string of the molecule is CC(CN)CCC(=O)Nc1ccc(Br)c(C(=O)O)c1. The summed E-state index contributed by atoms with van der Waals surface area (Å²) in [6, 6.07) is 4.68. The van der Waals surface area contributed by atoms with Gasteiger partial charge in [0.05, 0.1) is 5.56 Å². The van der Waals surface area contributed by atoms with Gasteiger partial charge in [0, 0.05) is 16.6 Å². The average Bonchev–Trinajstić information content (AvgIpc) is 2.37. The van der Waals surface area contributed by atoms with E-state index in [2.05, 4.69) is 21.2 Å². The van der Waals surface area contributed by atoms with Crippen molar-refractivity contribution in [2.75, 3.05) is 11.9 Å². The minimum atomic E-state index is -1.04. The number of nitrogens with two attached hydrogens (primary N) is 1. The number of aromatic carboxylic acids is 1. The topological polar surface area (TPSA) is 92.4 Å². The van der Waals surface area contributed by atoms with Crippen LogP contribution in [0.25, 0.3) is 0 Å². The van der Waals surface area contributed by atoms with Gasteiger partial charge < -0.3 is 16.2 Å². The van der Waals surface area contributed by atoms with Crippen LogP contribution in [-0.4, -0.2) is 23.5 Å². The molecule has 1 amide bonds. The molecule has 1 rings (SSSR count). The highest BCUT2D eigenvalue weighted by Gasteiger charge is 2.11. The van der Waals surface area contributed by atoms with Gasteiger partial charge in [0.1, 0.15) is 0 Å². The fourth-order valence-electron chi connectivity index (χ4n) is 1.49. The summed E-state index contributed by atoms with van der Waals surface area (Å²) in [5.41, 5.74) is 6.07. The molecule has 0 fully saturated rings. The molecule has 0 radical (unpaired) electrons. The summed E-state index contributed by atoms with van der Waals surface area (Å²) in [7, 11) is 0. The van der Waals surface area contributed by atoms with Crippen molar-refractivity contribution in [2.45, 2.75) is 19.8 Å². The van der Waals surface area contributed by atoms with E-state index < -0.39 is 5.97 Å². The van der Waals surface area contributed by atoms with Gasteiger partial charge >= 0.3 is 5.97 Å². The molecule has 1 unspecified atom stereocenters. The number of hydrogen-bond acceptors (Lipinski definition) is 3. The molecule has 6 heteroatoms. The predicted molar refractivity (Wildman–Crippen MR) is 77.2 cm³/mol. The van der Waals surface area contributed by atoms with Gasteiger partial charge in [0.2, 0.25) is 5.91 Å². The molecule has 0 saturated heterocycles. The van der Waals surface area contributed by atoms with Crippen molar-refractivity contribution in [3.63, 3.8) is 0 Å². The summed E-state index contributed by atoms with van der Waals surface area (Å²) < 4.78 is 0.481. The minimum absolute atomic E-state index is 0.119. The second kappa shape index (κ2) is 7.25. The number of nitrogens with one attached hydrogen (secondary N) is 1. The van der Waals surface area contributed by atoms with Gasteiger partial charge in [-0.15, -0.1) is 0 Å². The van der Waals surface area contributed by atoms with Gasteiger partial charge in [-0.2, -0.15) is 0 Å². The Morgan fingerprint density at radius 3 is 2.74 bits per heavy atom. The highest BCUT2D eigenvalue weighted by Crippen LogP contribution is 2.21. The van der Waals surface area contributed by atoms with Crippen LogP contribution in [0, 0.1) is 5.92 Å². The number of carboxylic acids is 1. The third-order valence-electron chi connectivity index (χ3n) is 2.75. The van der Waals surface area contributed by atoms with Gasteiger partial charge in [-0.1, -0.05) is 6.92 Å². The number of rotatable bonds is 6. The number of anilines is 1. The molecule has 5 nitrogen and oxygen atoms in total. The number of halogens is 1. The number of carbonyl (C=O) groups excluding carboxylic acids is 1. The Kier molecular flexibility index (Phi) is 5.98. The lowest BCUT2D eigenvalue weighted by atomic mass is 10.1. The van der Waals surface area contributed by atoms with E-state index in [1.165, 1.54) is 6.07 Å². The molecule has 0 aliphatic carbocycles. The molecule has 0 aliphatic heterocycles. The molecule has 0 spiro atoms. The smallest absolute Gasteiger partial charge is 0.336 e. The quantitative estimate of drug-likeness (QED) is 0.747. The largest absolute Gasteiger partial charge is 0.478 e. The van der Waals surface area contributed by atoms with Crippen molar-refractivity contribution >= 4 is 33.5 Å². The third-order valence-corrected chi connectivity index (χ3v) is 3.44. The minimum Gasteiger partial charge on any atom is -0.478 e. The second-order valence-electron chi connectivity index (χ2n) is 4.43. The first-order valence-corrected chi connectivity index (χ1v) is 6.76. The standard InChI is InChI=1S/C13H17BrN2O3/c1-8(7-15)2-5-12(17)16-9-3-4-11(14)10(6-9)13(18)19/h3-4,6,8H,2,5,7,15H2,1H3,(H,16,17)(H,18,19). The Bertz CT molecular complexity index is 477. The second-order valence-corrected chi connectivity index (χ2v) is 5.28. The monoisotopic (exact) mass is 328 g/mol. The number of carbonyl (C=O) groups is 2. The van der Waals surface area contributed by atoms with Crippen molar-refractivity contribution in [1.82, 2.24) is 0 Å². The Morgan fingerprint density at radius 1 is 1.47 bits per heavy atom. The number of benzene rings is 1. The molecule has 0 aromatic heterocycles. The Labute approximate surface area is 120 Å². The Morgan fingerprint density at radius 2 is 2.16 bits per heavy atom. The maximum absolute atomic E-state index is 11.7. The van der Waals surface area contributed by atoms with Crippen molar-refractivity contribution in [2.24, 2.45) is 11.7 Å². The van der Waals surface area contributed by atoms with Gasteiger partial charge in [-0.25, -0.2) is 4.79 Å². The van der Waals surface area contributed by atoms with Crippen LogP contribution in [0.1, 0.15) is 30.1 Å². The van der Waals surface area contributed by atoms with Crippen molar-refractivity contribution in [1.29, 1.82) is 0 Å². The molecular weight excluding hydrogens is 312 g/mol. The number of carboxylic acid groups (broad SMARTS) is 1. The first kappa shape index (κ1) is 15.7. The van der Waals surface area contributed by atoms with Crippen LogP contribution >= 0.6 is 15.9 Å². The Balaban J connectivity index is 2.64. The van der Waals surface area contributed by atoms with E-state index in [9.17, 15) is 9.59 Å². The fourth-order valence-corrected chi connectivity index (χ4v) is 1.90. The molecular formula is C13H17BrN2O3. The van der Waals surface area contributed by atoms with Crippen LogP contribution in [0.15, 0.2) is 22.7 Å². The van der Waals surface area contributed by atoms with Gasteiger partial charge in [0.15, 0.2) is 0 Å². The zero-order chi connectivity index (χ0) is 14.4. The molecule has 19 heavy (non-hydrogen) atoms. The van der Waals surface area contributed by atoms with E-state index in [1.54, 1.807) is 12.1 Å². The van der Waals surface area contributed by atoms with Crippen LogP contribution in [0.5, 0.6) is 0 Å². The Hall–Kier alpha value is -1.40. The van der Waals surface area contributed by atoms with Crippen molar-refractivity contribution < 1.29 is 14.7 Å². The average molecular weight is 329 g/mol. The van der Waals surface area contributed by atoms with Crippen molar-refractivity contribution in [3.8, 4) is 0 Å². The molecule has 0 saturated carbocycles. The van der Waals surface area contributed by atoms with E-state index in [0.29, 0.717) is 35.5 Å². The number of amides is 1. The molecule has 0 heterocycles. The van der Waals surface area contributed by atoms with Crippen LogP contribution < -0.4 is 11.1 Å². The molecule has 0 aliphatic rings. The van der Waals surface area contributed by atoms with Crippen molar-refractivity contribution in [3.05, 3.63) is 28.2 Å². The molecule has 1 aromatic rings. The summed E-state index contributed by atoms with van der Waals surface area (Å²) in [5.74, 6) is -0.885. The maximum atomic E-state index is 11.7. The van der Waals surface area contributed by atoms with Crippen LogP contribution in [0.3, 0.4) is 0 Å². The van der Waals surface area contributed by atoms with E-state index in [4.69, 9.17) is 10.8 Å². The number of hydrogen-bond donors (Lipinski definition) is 3. The fraction of sp³-hybridized carbons (Fsp3) is 0.385. The zero-order valence-electron chi connectivity index (χ0n) is 10.6. The molecule has 1 aromatic carbocycles. The first-order chi connectivity index (χ1) is 8.93. The van der Waals surface area contributed by atoms with E-state index in [-0.39, 0.29) is 11.5 Å². The maximum Gasteiger partial charge on any atom is 0.336 e. The lowest BCUT2D eigenvalue weighted by Gasteiger charge is -2.09. The lowest BCUT2D eigenvalue weighted by molar-refractivity contribution is -0.116. The summed E-state index contributed by atoms with van der Waals surface area (Å²) >= 11 is 3.15. The summed E-state index contributed by atoms with van der Waals surface area (Å²) in [6.07, 6.45) is 1.08. The highest BCUT2D eigenvalue weighted by atomic mass is 79.9. The molecule has 0 bridgehead atoms. The zero-order valence-corrected chi connectivity index (χ0v) is 12.2. The van der Waals surface area contributed by atoms with Crippen LogP contribution in [0.2, 0.25) is 0 Å². The third kappa shape index (κ3) is 5.00. The van der Waals surface area contributed by atoms with Gasteiger partial charge in [0.25, 0.3) is 0 Å². The van der Waals surface area contributed by atoms with E-state index in [0.717, 1.165) is 0 Å². The van der Waals surface area contributed by atoms with Gasteiger partial charge in [-0.05, 0) is 53.0 Å². The molecule has 4 N–H and O–H groups in total. The summed E-state index contributed by atoms with van der Waals surface area (Å²) in [6.45, 7) is 2.53. The molecule has 1 atom stereocenters. The summed E-state index contributed by atoms with van der Waals surface area (Å²) in [4.78, 5) is 22.6. The first-order valence-electron chi connectivity index (χ1n) is 5.96.